The minimum Gasteiger partial charge on any atom is -0.870 e. The zero-order valence-corrected chi connectivity index (χ0v) is 11.9. The Bertz CT molecular complexity index is 255. The van der Waals surface area contributed by atoms with Crippen molar-refractivity contribution in [2.75, 3.05) is 0 Å². The van der Waals surface area contributed by atoms with E-state index in [4.69, 9.17) is 0 Å². The van der Waals surface area contributed by atoms with E-state index in [2.05, 4.69) is 0 Å². The SMILES string of the molecule is O=c1c([O-])c([O-])c1=O.[K+].[K+]. The molecule has 0 amide bonds. The molecule has 0 fully saturated rings. The standard InChI is InChI=1S/C4H2O4.2K/c5-1-2(6)4(8)3(1)7;;/h5-6H;;/q;2*+1/p-2. The van der Waals surface area contributed by atoms with Gasteiger partial charge >= 0.3 is 103 Å². The van der Waals surface area contributed by atoms with Crippen molar-refractivity contribution < 1.29 is 113 Å². The van der Waals surface area contributed by atoms with E-state index in [9.17, 15) is 19.8 Å². The summed E-state index contributed by atoms with van der Waals surface area (Å²) >= 11 is 0. The van der Waals surface area contributed by atoms with Gasteiger partial charge < -0.3 is 10.2 Å². The summed E-state index contributed by atoms with van der Waals surface area (Å²) in [6.45, 7) is 0. The van der Waals surface area contributed by atoms with E-state index in [1.165, 1.54) is 0 Å². The molecule has 0 N–H and O–H groups in total. The maximum absolute atomic E-state index is 9.85. The molecule has 1 rings (SSSR count). The number of hydrogen-bond acceptors (Lipinski definition) is 4. The second-order valence-corrected chi connectivity index (χ2v) is 1.32. The van der Waals surface area contributed by atoms with Crippen molar-refractivity contribution in [3.8, 4) is 11.5 Å². The average Bonchev–Trinajstić information content (AvgIpc) is 1.83. The molecule has 4 nitrogen and oxygen atoms in total. The summed E-state index contributed by atoms with van der Waals surface area (Å²) in [5.74, 6) is -2.37. The molecular weight excluding hydrogens is 190 g/mol. The molecule has 42 valence electrons. The van der Waals surface area contributed by atoms with Gasteiger partial charge in [0.25, 0.3) is 0 Å². The second-order valence-electron chi connectivity index (χ2n) is 1.32. The van der Waals surface area contributed by atoms with Gasteiger partial charge in [-0.25, -0.2) is 0 Å². The van der Waals surface area contributed by atoms with Crippen molar-refractivity contribution in [1.29, 1.82) is 0 Å². The summed E-state index contributed by atoms with van der Waals surface area (Å²) in [5.41, 5.74) is -2.37. The van der Waals surface area contributed by atoms with Crippen LogP contribution in [0.15, 0.2) is 9.59 Å². The number of hydrogen-bond donors (Lipinski definition) is 0. The largest absolute Gasteiger partial charge is 1.00 e. The van der Waals surface area contributed by atoms with E-state index >= 15 is 0 Å². The summed E-state index contributed by atoms with van der Waals surface area (Å²) in [7, 11) is 0. The van der Waals surface area contributed by atoms with Gasteiger partial charge in [-0.2, -0.15) is 0 Å². The normalized spacial score (nSPS) is 8.00. The Morgan fingerprint density at radius 3 is 1.10 bits per heavy atom. The van der Waals surface area contributed by atoms with Gasteiger partial charge in [0, 0.05) is 0 Å². The molecule has 0 heterocycles. The molecule has 0 aliphatic carbocycles. The minimum atomic E-state index is -1.19. The van der Waals surface area contributed by atoms with Crippen molar-refractivity contribution in [1.82, 2.24) is 0 Å². The van der Waals surface area contributed by atoms with Crippen LogP contribution >= 0.6 is 0 Å². The predicted octanol–water partition coefficient (Wildman–Crippen LogP) is -8.56. The van der Waals surface area contributed by atoms with Gasteiger partial charge in [-0.1, -0.05) is 11.5 Å². The van der Waals surface area contributed by atoms with Crippen LogP contribution in [0.2, 0.25) is 0 Å². The molecule has 0 saturated heterocycles. The van der Waals surface area contributed by atoms with Crippen LogP contribution in [0, 0.1) is 0 Å². The summed E-state index contributed by atoms with van der Waals surface area (Å²) in [5, 5.41) is 19.7. The fourth-order valence-corrected chi connectivity index (χ4v) is 0.350. The van der Waals surface area contributed by atoms with Gasteiger partial charge in [-0.3, -0.25) is 9.59 Å². The molecule has 0 atom stereocenters. The molecule has 1 aromatic rings. The zero-order chi connectivity index (χ0) is 6.31. The van der Waals surface area contributed by atoms with Gasteiger partial charge in [-0.05, 0) is 0 Å². The van der Waals surface area contributed by atoms with Crippen molar-refractivity contribution in [3.05, 3.63) is 20.4 Å². The van der Waals surface area contributed by atoms with E-state index in [0.29, 0.717) is 0 Å². The van der Waals surface area contributed by atoms with Gasteiger partial charge in [0.2, 0.25) is 10.9 Å². The van der Waals surface area contributed by atoms with Gasteiger partial charge in [0.05, 0.1) is 0 Å². The van der Waals surface area contributed by atoms with Crippen molar-refractivity contribution in [2.45, 2.75) is 0 Å². The van der Waals surface area contributed by atoms with Crippen molar-refractivity contribution in [3.63, 3.8) is 0 Å². The summed E-state index contributed by atoms with van der Waals surface area (Å²) in [6, 6.07) is 0. The second kappa shape index (κ2) is 5.57. The first-order valence-electron chi connectivity index (χ1n) is 1.82. The zero-order valence-electron chi connectivity index (χ0n) is 5.63. The van der Waals surface area contributed by atoms with Crippen LogP contribution < -0.4 is 124 Å². The molecule has 0 aliphatic heterocycles. The molecule has 0 aromatic heterocycles. The monoisotopic (exact) mass is 190 g/mol. The molecule has 1 aromatic carbocycles. The Morgan fingerprint density at radius 1 is 0.800 bits per heavy atom. The first-order valence-corrected chi connectivity index (χ1v) is 1.82. The molecule has 0 unspecified atom stereocenters. The van der Waals surface area contributed by atoms with Crippen LogP contribution in [0.3, 0.4) is 0 Å². The molecule has 0 spiro atoms. The molecule has 0 saturated carbocycles. The topological polar surface area (TPSA) is 80.3 Å². The summed E-state index contributed by atoms with van der Waals surface area (Å²) in [6.07, 6.45) is 0. The maximum atomic E-state index is 9.85. The van der Waals surface area contributed by atoms with E-state index in [1.807, 2.05) is 0 Å². The Balaban J connectivity index is 0. The first-order chi connectivity index (χ1) is 3.64. The van der Waals surface area contributed by atoms with Crippen LogP contribution in [0.1, 0.15) is 0 Å². The fraction of sp³-hybridized carbons (Fsp3) is 0. The number of rotatable bonds is 0. The maximum Gasteiger partial charge on any atom is 1.00 e. The Hall–Kier alpha value is 1.95. The van der Waals surface area contributed by atoms with Crippen molar-refractivity contribution >= 4 is 0 Å². The molecule has 6 heteroatoms. The predicted molar refractivity (Wildman–Crippen MR) is 20.2 cm³/mol. The van der Waals surface area contributed by atoms with E-state index in [-0.39, 0.29) is 103 Å². The molecular formula is C4K2O4. The van der Waals surface area contributed by atoms with Crippen LogP contribution in [-0.2, 0) is 0 Å². The molecule has 10 heavy (non-hydrogen) atoms. The van der Waals surface area contributed by atoms with Crippen LogP contribution in [0.25, 0.3) is 0 Å². The van der Waals surface area contributed by atoms with Crippen LogP contribution in [-0.4, -0.2) is 0 Å². The minimum absolute atomic E-state index is 0. The molecule has 0 aliphatic rings. The first kappa shape index (κ1) is 14.5. The third-order valence-corrected chi connectivity index (χ3v) is 0.825. The van der Waals surface area contributed by atoms with Crippen LogP contribution in [0.5, 0.6) is 11.5 Å². The third kappa shape index (κ3) is 2.48. The van der Waals surface area contributed by atoms with E-state index in [0.717, 1.165) is 0 Å². The summed E-state index contributed by atoms with van der Waals surface area (Å²) < 4.78 is 0. The van der Waals surface area contributed by atoms with Crippen molar-refractivity contribution in [2.24, 2.45) is 0 Å². The molecule has 0 radical (unpaired) electrons. The van der Waals surface area contributed by atoms with E-state index in [1.54, 1.807) is 0 Å². The summed E-state index contributed by atoms with van der Waals surface area (Å²) in [4.78, 5) is 19.7. The molecule has 0 bridgehead atoms. The smallest absolute Gasteiger partial charge is 0.870 e. The Kier molecular flexibility index (Phi) is 8.07. The third-order valence-electron chi connectivity index (χ3n) is 0.825. The fourth-order valence-electron chi connectivity index (χ4n) is 0.350. The van der Waals surface area contributed by atoms with E-state index < -0.39 is 22.4 Å². The van der Waals surface area contributed by atoms with Gasteiger partial charge in [0.1, 0.15) is 0 Å². The Morgan fingerprint density at radius 2 is 1.00 bits per heavy atom. The van der Waals surface area contributed by atoms with Crippen LogP contribution in [0.4, 0.5) is 0 Å². The quantitative estimate of drug-likeness (QED) is 0.300. The Labute approximate surface area is 141 Å². The average molecular weight is 190 g/mol. The van der Waals surface area contributed by atoms with Gasteiger partial charge in [0.15, 0.2) is 0 Å². The van der Waals surface area contributed by atoms with Gasteiger partial charge in [-0.15, -0.1) is 0 Å².